The molecule has 0 saturated carbocycles. The van der Waals surface area contributed by atoms with E-state index in [-0.39, 0.29) is 22.3 Å². The molecular formula is C15H14Cl2FNO2S. The Hall–Kier alpha value is -1.14. The van der Waals surface area contributed by atoms with E-state index in [2.05, 4.69) is 4.72 Å². The Labute approximate surface area is 139 Å². The number of hydrogen-bond acceptors (Lipinski definition) is 2. The summed E-state index contributed by atoms with van der Waals surface area (Å²) in [6.07, 6.45) is 1.23. The van der Waals surface area contributed by atoms with E-state index in [0.29, 0.717) is 17.9 Å². The molecule has 0 fully saturated rings. The molecule has 0 amide bonds. The molecule has 0 saturated heterocycles. The fourth-order valence-electron chi connectivity index (χ4n) is 1.91. The highest BCUT2D eigenvalue weighted by Crippen LogP contribution is 2.24. The molecule has 0 aliphatic rings. The van der Waals surface area contributed by atoms with Crippen LogP contribution in [0.2, 0.25) is 10.0 Å². The first-order valence-electron chi connectivity index (χ1n) is 6.58. The van der Waals surface area contributed by atoms with Gasteiger partial charge in [-0.3, -0.25) is 0 Å². The summed E-state index contributed by atoms with van der Waals surface area (Å²) in [5.74, 6) is -0.292. The minimum absolute atomic E-state index is 0.0385. The van der Waals surface area contributed by atoms with Crippen molar-refractivity contribution in [2.24, 2.45) is 0 Å². The molecule has 0 spiro atoms. The number of hydrogen-bond donors (Lipinski definition) is 1. The van der Waals surface area contributed by atoms with E-state index in [0.717, 1.165) is 5.56 Å². The number of nitrogens with one attached hydrogen (secondary N) is 1. The predicted octanol–water partition coefficient (Wildman–Crippen LogP) is 4.04. The molecule has 7 heteroatoms. The van der Waals surface area contributed by atoms with Gasteiger partial charge in [-0.15, -0.1) is 0 Å². The summed E-state index contributed by atoms with van der Waals surface area (Å²) in [6.45, 7) is 0.253. The van der Waals surface area contributed by atoms with Gasteiger partial charge in [0.2, 0.25) is 10.0 Å². The van der Waals surface area contributed by atoms with Crippen molar-refractivity contribution in [1.29, 1.82) is 0 Å². The molecule has 0 aliphatic carbocycles. The molecule has 118 valence electrons. The average Bonchev–Trinajstić information content (AvgIpc) is 2.48. The zero-order chi connectivity index (χ0) is 16.2. The zero-order valence-corrected chi connectivity index (χ0v) is 13.8. The molecule has 0 heterocycles. The van der Waals surface area contributed by atoms with Gasteiger partial charge in [-0.1, -0.05) is 35.3 Å². The summed E-state index contributed by atoms with van der Waals surface area (Å²) in [4.78, 5) is -0.0385. The maximum absolute atomic E-state index is 12.8. The first-order chi connectivity index (χ1) is 10.4. The van der Waals surface area contributed by atoms with Crippen LogP contribution in [0.4, 0.5) is 4.39 Å². The van der Waals surface area contributed by atoms with E-state index in [1.807, 2.05) is 0 Å². The molecule has 0 radical (unpaired) electrons. The Kier molecular flexibility index (Phi) is 5.81. The summed E-state index contributed by atoms with van der Waals surface area (Å²) >= 11 is 11.7. The standard InChI is InChI=1S/C15H14Cl2FNO2S/c16-12-5-8-14(17)15(10-12)22(20,21)19-9-1-2-11-3-6-13(18)7-4-11/h3-8,10,19H,1-2,9H2. The Morgan fingerprint density at radius 3 is 2.41 bits per heavy atom. The summed E-state index contributed by atoms with van der Waals surface area (Å²) in [6, 6.07) is 10.4. The monoisotopic (exact) mass is 361 g/mol. The van der Waals surface area contributed by atoms with Crippen LogP contribution in [0.15, 0.2) is 47.4 Å². The SMILES string of the molecule is O=S(=O)(NCCCc1ccc(F)cc1)c1cc(Cl)ccc1Cl. The first kappa shape index (κ1) is 17.2. The van der Waals surface area contributed by atoms with Gasteiger partial charge in [0.05, 0.1) is 5.02 Å². The lowest BCUT2D eigenvalue weighted by molar-refractivity contribution is 0.579. The Balaban J connectivity index is 1.93. The largest absolute Gasteiger partial charge is 0.242 e. The number of sulfonamides is 1. The van der Waals surface area contributed by atoms with E-state index in [9.17, 15) is 12.8 Å². The molecule has 2 rings (SSSR count). The molecule has 2 aromatic carbocycles. The van der Waals surface area contributed by atoms with E-state index in [1.54, 1.807) is 12.1 Å². The fraction of sp³-hybridized carbons (Fsp3) is 0.200. The van der Waals surface area contributed by atoms with Crippen LogP contribution in [-0.4, -0.2) is 15.0 Å². The topological polar surface area (TPSA) is 46.2 Å². The number of benzene rings is 2. The second-order valence-corrected chi connectivity index (χ2v) is 7.28. The van der Waals surface area contributed by atoms with Gasteiger partial charge in [0, 0.05) is 11.6 Å². The van der Waals surface area contributed by atoms with Crippen molar-refractivity contribution >= 4 is 33.2 Å². The van der Waals surface area contributed by atoms with Crippen molar-refractivity contribution in [1.82, 2.24) is 4.72 Å². The number of aryl methyl sites for hydroxylation is 1. The van der Waals surface area contributed by atoms with Gasteiger partial charge in [0.25, 0.3) is 0 Å². The van der Waals surface area contributed by atoms with Crippen molar-refractivity contribution in [3.05, 3.63) is 63.9 Å². The second kappa shape index (κ2) is 7.42. The molecule has 0 unspecified atom stereocenters. The van der Waals surface area contributed by atoms with Crippen LogP contribution >= 0.6 is 23.2 Å². The fourth-order valence-corrected chi connectivity index (χ4v) is 3.75. The van der Waals surface area contributed by atoms with Gasteiger partial charge in [-0.25, -0.2) is 17.5 Å². The molecule has 22 heavy (non-hydrogen) atoms. The lowest BCUT2D eigenvalue weighted by Gasteiger charge is -2.09. The van der Waals surface area contributed by atoms with Crippen LogP contribution in [-0.2, 0) is 16.4 Å². The van der Waals surface area contributed by atoms with Crippen molar-refractivity contribution in [3.63, 3.8) is 0 Å². The van der Waals surface area contributed by atoms with Gasteiger partial charge >= 0.3 is 0 Å². The quantitative estimate of drug-likeness (QED) is 0.789. The average molecular weight is 362 g/mol. The van der Waals surface area contributed by atoms with Crippen molar-refractivity contribution in [3.8, 4) is 0 Å². The van der Waals surface area contributed by atoms with Crippen molar-refractivity contribution < 1.29 is 12.8 Å². The van der Waals surface area contributed by atoms with Crippen molar-refractivity contribution in [2.75, 3.05) is 6.54 Å². The molecule has 0 aliphatic heterocycles. The van der Waals surface area contributed by atoms with Crippen LogP contribution in [0, 0.1) is 5.82 Å². The molecule has 0 atom stereocenters. The molecule has 0 aromatic heterocycles. The summed E-state index contributed by atoms with van der Waals surface area (Å²) in [7, 11) is -3.70. The smallest absolute Gasteiger partial charge is 0.211 e. The molecule has 2 aromatic rings. The van der Waals surface area contributed by atoms with E-state index < -0.39 is 10.0 Å². The lowest BCUT2D eigenvalue weighted by atomic mass is 10.1. The number of rotatable bonds is 6. The summed E-state index contributed by atoms with van der Waals surface area (Å²) in [5.41, 5.74) is 0.946. The summed E-state index contributed by atoms with van der Waals surface area (Å²) < 4.78 is 39.6. The van der Waals surface area contributed by atoms with E-state index in [1.165, 1.54) is 30.3 Å². The highest BCUT2D eigenvalue weighted by atomic mass is 35.5. The van der Waals surface area contributed by atoms with Gasteiger partial charge < -0.3 is 0 Å². The van der Waals surface area contributed by atoms with Crippen LogP contribution in [0.5, 0.6) is 0 Å². The summed E-state index contributed by atoms with van der Waals surface area (Å²) in [5, 5.41) is 0.423. The van der Waals surface area contributed by atoms with Gasteiger partial charge in [-0.2, -0.15) is 0 Å². The van der Waals surface area contributed by atoms with Crippen LogP contribution in [0.3, 0.4) is 0 Å². The second-order valence-electron chi connectivity index (χ2n) is 4.70. The highest BCUT2D eigenvalue weighted by Gasteiger charge is 2.17. The maximum Gasteiger partial charge on any atom is 0.242 e. The third-order valence-electron chi connectivity index (χ3n) is 3.03. The van der Waals surface area contributed by atoms with Crippen LogP contribution in [0.25, 0.3) is 0 Å². The molecular weight excluding hydrogens is 348 g/mol. The first-order valence-corrected chi connectivity index (χ1v) is 8.81. The molecule has 3 nitrogen and oxygen atoms in total. The maximum atomic E-state index is 12.8. The van der Waals surface area contributed by atoms with Crippen LogP contribution in [0.1, 0.15) is 12.0 Å². The predicted molar refractivity (Wildman–Crippen MR) is 86.4 cm³/mol. The Morgan fingerprint density at radius 2 is 1.73 bits per heavy atom. The van der Waals surface area contributed by atoms with Gasteiger partial charge in [0.1, 0.15) is 10.7 Å². The highest BCUT2D eigenvalue weighted by molar-refractivity contribution is 7.89. The Morgan fingerprint density at radius 1 is 1.05 bits per heavy atom. The normalized spacial score (nSPS) is 11.6. The third kappa shape index (κ3) is 4.68. The van der Waals surface area contributed by atoms with Gasteiger partial charge in [0.15, 0.2) is 0 Å². The van der Waals surface area contributed by atoms with Crippen LogP contribution < -0.4 is 4.72 Å². The molecule has 1 N–H and O–H groups in total. The molecule has 0 bridgehead atoms. The third-order valence-corrected chi connectivity index (χ3v) is 5.21. The minimum atomic E-state index is -3.70. The van der Waals surface area contributed by atoms with Gasteiger partial charge in [-0.05, 0) is 48.7 Å². The lowest BCUT2D eigenvalue weighted by Crippen LogP contribution is -2.25. The van der Waals surface area contributed by atoms with Crippen molar-refractivity contribution in [2.45, 2.75) is 17.7 Å². The number of halogens is 3. The Bertz CT molecular complexity index is 749. The zero-order valence-electron chi connectivity index (χ0n) is 11.5. The van der Waals surface area contributed by atoms with E-state index in [4.69, 9.17) is 23.2 Å². The minimum Gasteiger partial charge on any atom is -0.211 e. The van der Waals surface area contributed by atoms with E-state index >= 15 is 0 Å².